The molecule has 0 spiro atoms. The first kappa shape index (κ1) is 20.6. The van der Waals surface area contributed by atoms with E-state index in [1.807, 2.05) is 12.1 Å². The first-order valence-corrected chi connectivity index (χ1v) is 11.1. The number of rotatable bonds is 7. The Bertz CT molecular complexity index is 867. The summed E-state index contributed by atoms with van der Waals surface area (Å²) in [4.78, 5) is 4.47. The largest absolute Gasteiger partial charge is 0.492 e. The van der Waals surface area contributed by atoms with Gasteiger partial charge in [-0.3, -0.25) is 0 Å². The summed E-state index contributed by atoms with van der Waals surface area (Å²) in [5, 5.41) is 3.15. The number of sulfonamides is 1. The average molecular weight is 404 g/mol. The van der Waals surface area contributed by atoms with Crippen molar-refractivity contribution in [1.29, 1.82) is 0 Å². The molecule has 1 aliphatic rings. The third-order valence-corrected chi connectivity index (χ3v) is 6.72. The number of pyridine rings is 1. The Kier molecular flexibility index (Phi) is 6.25. The highest BCUT2D eigenvalue weighted by molar-refractivity contribution is 7.89. The van der Waals surface area contributed by atoms with Gasteiger partial charge in [0.15, 0.2) is 0 Å². The quantitative estimate of drug-likeness (QED) is 0.715. The summed E-state index contributed by atoms with van der Waals surface area (Å²) in [6.07, 6.45) is 3.26. The third kappa shape index (κ3) is 5.02. The Morgan fingerprint density at radius 3 is 2.32 bits per heavy atom. The molecular weight excluding hydrogens is 374 g/mol. The second kappa shape index (κ2) is 8.49. The van der Waals surface area contributed by atoms with Crippen LogP contribution in [-0.4, -0.2) is 43.9 Å². The Morgan fingerprint density at radius 1 is 1.07 bits per heavy atom. The normalized spacial score (nSPS) is 15.5. The highest BCUT2D eigenvalue weighted by Crippen LogP contribution is 2.24. The van der Waals surface area contributed by atoms with Gasteiger partial charge in [-0.1, -0.05) is 32.9 Å². The fraction of sp³-hybridized carbons (Fsp3) is 0.476. The summed E-state index contributed by atoms with van der Waals surface area (Å²) >= 11 is 0. The number of ether oxygens (including phenoxy) is 1. The second-order valence-electron chi connectivity index (χ2n) is 8.04. The Morgan fingerprint density at radius 2 is 1.75 bits per heavy atom. The predicted octanol–water partition coefficient (Wildman–Crippen LogP) is 3.65. The van der Waals surface area contributed by atoms with E-state index in [9.17, 15) is 8.42 Å². The number of anilines is 1. The van der Waals surface area contributed by atoms with E-state index in [2.05, 4.69) is 43.2 Å². The summed E-state index contributed by atoms with van der Waals surface area (Å²) in [5.74, 6) is 1.46. The van der Waals surface area contributed by atoms with E-state index in [0.29, 0.717) is 32.1 Å². The molecule has 6 nitrogen and oxygen atoms in total. The zero-order valence-corrected chi connectivity index (χ0v) is 17.6. The van der Waals surface area contributed by atoms with Gasteiger partial charge in [-0.15, -0.1) is 0 Å². The molecule has 1 aliphatic heterocycles. The molecule has 0 amide bonds. The molecule has 1 saturated heterocycles. The van der Waals surface area contributed by atoms with E-state index in [-0.39, 0.29) is 10.3 Å². The van der Waals surface area contributed by atoms with Crippen molar-refractivity contribution in [3.63, 3.8) is 0 Å². The molecule has 0 aliphatic carbocycles. The van der Waals surface area contributed by atoms with E-state index in [4.69, 9.17) is 4.74 Å². The predicted molar refractivity (Wildman–Crippen MR) is 111 cm³/mol. The van der Waals surface area contributed by atoms with Gasteiger partial charge >= 0.3 is 0 Å². The highest BCUT2D eigenvalue weighted by atomic mass is 32.2. The van der Waals surface area contributed by atoms with Crippen LogP contribution in [0.1, 0.15) is 39.2 Å². The van der Waals surface area contributed by atoms with E-state index in [1.165, 1.54) is 16.1 Å². The number of benzene rings is 1. The molecule has 0 radical (unpaired) electrons. The van der Waals surface area contributed by atoms with Gasteiger partial charge in [-0.05, 0) is 48.1 Å². The van der Waals surface area contributed by atoms with Crippen LogP contribution in [0.5, 0.6) is 5.75 Å². The van der Waals surface area contributed by atoms with Crippen molar-refractivity contribution in [2.24, 2.45) is 0 Å². The maximum absolute atomic E-state index is 12.5. The van der Waals surface area contributed by atoms with Crippen molar-refractivity contribution < 1.29 is 13.2 Å². The number of hydrogen-bond donors (Lipinski definition) is 1. The van der Waals surface area contributed by atoms with Crippen LogP contribution in [0.4, 0.5) is 5.82 Å². The molecule has 152 valence electrons. The lowest BCUT2D eigenvalue weighted by atomic mass is 9.87. The minimum absolute atomic E-state index is 0.125. The van der Waals surface area contributed by atoms with Gasteiger partial charge in [0.25, 0.3) is 0 Å². The molecule has 0 unspecified atom stereocenters. The molecule has 0 bridgehead atoms. The van der Waals surface area contributed by atoms with Gasteiger partial charge in [0.05, 0.1) is 6.54 Å². The van der Waals surface area contributed by atoms with Gasteiger partial charge < -0.3 is 10.1 Å². The Balaban J connectivity index is 1.48. The van der Waals surface area contributed by atoms with Crippen LogP contribution in [-0.2, 0) is 15.4 Å². The maximum Gasteiger partial charge on any atom is 0.244 e. The van der Waals surface area contributed by atoms with Crippen LogP contribution in [0.2, 0.25) is 0 Å². The molecule has 2 heterocycles. The minimum atomic E-state index is -3.41. The lowest BCUT2D eigenvalue weighted by Gasteiger charge is -2.19. The fourth-order valence-corrected chi connectivity index (χ4v) is 4.58. The van der Waals surface area contributed by atoms with Crippen molar-refractivity contribution in [2.75, 3.05) is 31.6 Å². The maximum atomic E-state index is 12.5. The van der Waals surface area contributed by atoms with E-state index in [1.54, 1.807) is 12.1 Å². The molecule has 1 fully saturated rings. The summed E-state index contributed by atoms with van der Waals surface area (Å²) < 4.78 is 32.3. The molecule has 0 saturated carbocycles. The summed E-state index contributed by atoms with van der Waals surface area (Å²) in [7, 11) is -3.41. The van der Waals surface area contributed by atoms with Crippen LogP contribution in [0, 0.1) is 0 Å². The van der Waals surface area contributed by atoms with Crippen LogP contribution in [0.3, 0.4) is 0 Å². The van der Waals surface area contributed by atoms with Crippen molar-refractivity contribution in [3.8, 4) is 5.75 Å². The van der Waals surface area contributed by atoms with Gasteiger partial charge in [-0.2, -0.15) is 4.31 Å². The fourth-order valence-electron chi connectivity index (χ4n) is 3.11. The number of hydrogen-bond acceptors (Lipinski definition) is 5. The lowest BCUT2D eigenvalue weighted by Crippen LogP contribution is -2.28. The summed E-state index contributed by atoms with van der Waals surface area (Å²) in [6.45, 7) is 8.80. The van der Waals surface area contributed by atoms with Crippen molar-refractivity contribution in [1.82, 2.24) is 9.29 Å². The zero-order chi connectivity index (χ0) is 20.2. The van der Waals surface area contributed by atoms with Gasteiger partial charge in [0.2, 0.25) is 10.0 Å². The van der Waals surface area contributed by atoms with Crippen molar-refractivity contribution in [3.05, 3.63) is 48.2 Å². The Hall–Kier alpha value is -2.12. The van der Waals surface area contributed by atoms with Gasteiger partial charge in [0.1, 0.15) is 23.1 Å². The molecule has 7 heteroatoms. The second-order valence-corrected chi connectivity index (χ2v) is 9.98. The topological polar surface area (TPSA) is 71.5 Å². The molecule has 1 N–H and O–H groups in total. The van der Waals surface area contributed by atoms with E-state index >= 15 is 0 Å². The van der Waals surface area contributed by atoms with Gasteiger partial charge in [-0.25, -0.2) is 13.4 Å². The Labute approximate surface area is 168 Å². The highest BCUT2D eigenvalue weighted by Gasteiger charge is 2.27. The standard InChI is InChI=1S/C21H29N3O3S/c1-21(2,3)17-6-8-18(9-7-17)27-15-12-22-20-11-10-19(16-23-20)28(25,26)24-13-4-5-14-24/h6-11,16H,4-5,12-15H2,1-3H3,(H,22,23). The molecule has 1 aromatic heterocycles. The van der Waals surface area contributed by atoms with Crippen LogP contribution in [0.15, 0.2) is 47.5 Å². The molecule has 3 rings (SSSR count). The van der Waals surface area contributed by atoms with Gasteiger partial charge in [0, 0.05) is 19.3 Å². The smallest absolute Gasteiger partial charge is 0.244 e. The molecule has 0 atom stereocenters. The molecular formula is C21H29N3O3S. The molecule has 2 aromatic rings. The molecule has 1 aromatic carbocycles. The number of nitrogens with one attached hydrogen (secondary N) is 1. The first-order valence-electron chi connectivity index (χ1n) is 9.70. The van der Waals surface area contributed by atoms with Crippen molar-refractivity contribution in [2.45, 2.75) is 43.9 Å². The number of nitrogens with zero attached hydrogens (tertiary/aromatic N) is 2. The molecule has 28 heavy (non-hydrogen) atoms. The monoisotopic (exact) mass is 403 g/mol. The summed E-state index contributed by atoms with van der Waals surface area (Å²) in [5.41, 5.74) is 1.39. The third-order valence-electron chi connectivity index (χ3n) is 4.84. The van der Waals surface area contributed by atoms with E-state index < -0.39 is 10.0 Å². The minimum Gasteiger partial charge on any atom is -0.492 e. The first-order chi connectivity index (χ1) is 13.3. The van der Waals surface area contributed by atoms with Crippen LogP contribution < -0.4 is 10.1 Å². The van der Waals surface area contributed by atoms with Crippen LogP contribution >= 0.6 is 0 Å². The van der Waals surface area contributed by atoms with Crippen molar-refractivity contribution >= 4 is 15.8 Å². The van der Waals surface area contributed by atoms with Crippen LogP contribution in [0.25, 0.3) is 0 Å². The summed E-state index contributed by atoms with van der Waals surface area (Å²) in [6, 6.07) is 11.4. The SMILES string of the molecule is CC(C)(C)c1ccc(OCCNc2ccc(S(=O)(=O)N3CCCC3)cn2)cc1. The van der Waals surface area contributed by atoms with E-state index in [0.717, 1.165) is 18.6 Å². The zero-order valence-electron chi connectivity index (χ0n) is 16.8. The lowest BCUT2D eigenvalue weighted by molar-refractivity contribution is 0.332. The number of aromatic nitrogens is 1. The average Bonchev–Trinajstić information content (AvgIpc) is 3.21.